The maximum absolute atomic E-state index is 13.3. The molecule has 122 valence electrons. The summed E-state index contributed by atoms with van der Waals surface area (Å²) in [4.78, 5) is 14.0. The van der Waals surface area contributed by atoms with E-state index in [1.807, 2.05) is 6.26 Å². The summed E-state index contributed by atoms with van der Waals surface area (Å²) >= 11 is 1.63. The molecule has 1 heterocycles. The lowest BCUT2D eigenvalue weighted by Gasteiger charge is -2.31. The Balaban J connectivity index is 1.93. The largest absolute Gasteiger partial charge is 0.396 e. The van der Waals surface area contributed by atoms with Crippen LogP contribution >= 0.6 is 11.8 Å². The molecule has 1 unspecified atom stereocenters. The number of amides is 2. The highest BCUT2D eigenvalue weighted by molar-refractivity contribution is 7.97. The van der Waals surface area contributed by atoms with Crippen molar-refractivity contribution in [1.29, 1.82) is 0 Å². The van der Waals surface area contributed by atoms with Crippen molar-refractivity contribution in [1.82, 2.24) is 10.2 Å². The van der Waals surface area contributed by atoms with Crippen LogP contribution in [-0.2, 0) is 12.3 Å². The second kappa shape index (κ2) is 8.39. The highest BCUT2D eigenvalue weighted by atomic mass is 32.2. The summed E-state index contributed by atoms with van der Waals surface area (Å²) in [5.41, 5.74) is 1.86. The first-order valence-corrected chi connectivity index (χ1v) is 8.93. The van der Waals surface area contributed by atoms with E-state index >= 15 is 0 Å². The Kier molecular flexibility index (Phi) is 6.51. The minimum Gasteiger partial charge on any atom is -0.396 e. The molecule has 1 fully saturated rings. The van der Waals surface area contributed by atoms with Gasteiger partial charge in [-0.3, -0.25) is 0 Å². The predicted molar refractivity (Wildman–Crippen MR) is 87.2 cm³/mol. The third-order valence-corrected chi connectivity index (χ3v) is 4.56. The van der Waals surface area contributed by atoms with E-state index in [1.165, 1.54) is 12.1 Å². The molecule has 0 bridgehead atoms. The van der Waals surface area contributed by atoms with Crippen LogP contribution in [0.2, 0.25) is 0 Å². The normalized spacial score (nSPS) is 18.3. The number of thioether (sulfide) groups is 1. The number of hydrogen-bond acceptors (Lipinski definition) is 3. The predicted octanol–water partition coefficient (Wildman–Crippen LogP) is 2.60. The van der Waals surface area contributed by atoms with Gasteiger partial charge >= 0.3 is 6.03 Å². The van der Waals surface area contributed by atoms with Gasteiger partial charge in [0.25, 0.3) is 0 Å². The number of nitrogens with zero attached hydrogens (tertiary/aromatic N) is 1. The number of benzene rings is 1. The highest BCUT2D eigenvalue weighted by Gasteiger charge is 2.22. The van der Waals surface area contributed by atoms with Crippen molar-refractivity contribution in [3.63, 3.8) is 0 Å². The number of likely N-dealkylation sites (tertiary alicyclic amines) is 1. The Bertz CT molecular complexity index is 513. The Hall–Kier alpha value is -1.27. The van der Waals surface area contributed by atoms with Crippen LogP contribution in [0.5, 0.6) is 0 Å². The van der Waals surface area contributed by atoms with Crippen LogP contribution in [0.15, 0.2) is 18.2 Å². The van der Waals surface area contributed by atoms with E-state index in [0.29, 0.717) is 13.1 Å². The van der Waals surface area contributed by atoms with Crippen molar-refractivity contribution in [2.75, 3.05) is 26.0 Å². The van der Waals surface area contributed by atoms with Crippen LogP contribution in [0, 0.1) is 11.7 Å². The quantitative estimate of drug-likeness (QED) is 0.874. The fourth-order valence-electron chi connectivity index (χ4n) is 2.74. The van der Waals surface area contributed by atoms with E-state index in [4.69, 9.17) is 0 Å². The molecule has 1 aromatic rings. The molecule has 22 heavy (non-hydrogen) atoms. The first-order chi connectivity index (χ1) is 10.6. The van der Waals surface area contributed by atoms with Crippen molar-refractivity contribution in [2.45, 2.75) is 25.1 Å². The topological polar surface area (TPSA) is 52.6 Å². The van der Waals surface area contributed by atoms with E-state index in [1.54, 1.807) is 22.7 Å². The minimum absolute atomic E-state index is 0.113. The van der Waals surface area contributed by atoms with Crippen molar-refractivity contribution >= 4 is 17.8 Å². The number of aliphatic hydroxyl groups is 1. The zero-order chi connectivity index (χ0) is 15.9. The molecule has 4 nitrogen and oxygen atoms in total. The van der Waals surface area contributed by atoms with Crippen molar-refractivity contribution < 1.29 is 14.3 Å². The molecule has 0 aliphatic carbocycles. The van der Waals surface area contributed by atoms with Crippen LogP contribution in [-0.4, -0.2) is 42.0 Å². The van der Waals surface area contributed by atoms with Crippen molar-refractivity contribution in [2.24, 2.45) is 5.92 Å². The zero-order valence-corrected chi connectivity index (χ0v) is 13.7. The fourth-order valence-corrected chi connectivity index (χ4v) is 3.32. The molecular weight excluding hydrogens is 303 g/mol. The van der Waals surface area contributed by atoms with Gasteiger partial charge in [-0.1, -0.05) is 6.07 Å². The molecule has 0 aromatic heterocycles. The van der Waals surface area contributed by atoms with Gasteiger partial charge in [0.2, 0.25) is 0 Å². The number of urea groups is 1. The summed E-state index contributed by atoms with van der Waals surface area (Å²) in [6.45, 7) is 1.85. The van der Waals surface area contributed by atoms with Gasteiger partial charge < -0.3 is 15.3 Å². The number of hydrogen-bond donors (Lipinski definition) is 2. The van der Waals surface area contributed by atoms with E-state index < -0.39 is 0 Å². The molecule has 0 spiro atoms. The van der Waals surface area contributed by atoms with Crippen LogP contribution in [0.1, 0.15) is 24.0 Å². The monoisotopic (exact) mass is 326 g/mol. The second-order valence-corrected chi connectivity index (χ2v) is 6.51. The van der Waals surface area contributed by atoms with E-state index in [-0.39, 0.29) is 24.4 Å². The molecule has 2 amide bonds. The van der Waals surface area contributed by atoms with Gasteiger partial charge in [0.05, 0.1) is 0 Å². The van der Waals surface area contributed by atoms with Gasteiger partial charge in [-0.15, -0.1) is 0 Å². The van der Waals surface area contributed by atoms with E-state index in [0.717, 1.165) is 36.3 Å². The molecule has 2 rings (SSSR count). The van der Waals surface area contributed by atoms with E-state index in [2.05, 4.69) is 5.32 Å². The van der Waals surface area contributed by atoms with Gasteiger partial charge in [0.15, 0.2) is 0 Å². The van der Waals surface area contributed by atoms with Gasteiger partial charge in [0, 0.05) is 32.0 Å². The smallest absolute Gasteiger partial charge is 0.317 e. The highest BCUT2D eigenvalue weighted by Crippen LogP contribution is 2.18. The summed E-state index contributed by atoms with van der Waals surface area (Å²) in [5, 5.41) is 12.1. The Morgan fingerprint density at radius 3 is 3.05 bits per heavy atom. The first-order valence-electron chi connectivity index (χ1n) is 7.54. The molecule has 1 aromatic carbocycles. The Morgan fingerprint density at radius 1 is 1.50 bits per heavy atom. The van der Waals surface area contributed by atoms with Crippen LogP contribution < -0.4 is 5.32 Å². The summed E-state index contributed by atoms with van der Waals surface area (Å²) in [5.74, 6) is 0.650. The summed E-state index contributed by atoms with van der Waals surface area (Å²) in [6, 6.07) is 4.57. The molecule has 6 heteroatoms. The lowest BCUT2D eigenvalue weighted by molar-refractivity contribution is 0.129. The summed E-state index contributed by atoms with van der Waals surface area (Å²) < 4.78 is 13.3. The van der Waals surface area contributed by atoms with Gasteiger partial charge in [-0.25, -0.2) is 9.18 Å². The average Bonchev–Trinajstić information content (AvgIpc) is 2.54. The molecule has 1 saturated heterocycles. The number of piperidine rings is 1. The molecule has 2 N–H and O–H groups in total. The lowest BCUT2D eigenvalue weighted by Crippen LogP contribution is -2.46. The maximum atomic E-state index is 13.3. The third-order valence-electron chi connectivity index (χ3n) is 3.96. The SMILES string of the molecule is CSCc1cc(F)ccc1CNC(=O)N1CCCC(CO)C1. The fraction of sp³-hybridized carbons (Fsp3) is 0.562. The standard InChI is InChI=1S/C16H23FN2O2S/c1-22-11-14-7-15(17)5-4-13(14)8-18-16(21)19-6-2-3-12(9-19)10-20/h4-5,7,12,20H,2-3,6,8-11H2,1H3,(H,18,21). The third kappa shape index (κ3) is 4.61. The lowest BCUT2D eigenvalue weighted by atomic mass is 9.99. The minimum atomic E-state index is -0.249. The number of halogens is 1. The number of rotatable bonds is 5. The first kappa shape index (κ1) is 17.1. The van der Waals surface area contributed by atoms with Crippen LogP contribution in [0.25, 0.3) is 0 Å². The molecule has 1 aliphatic rings. The Morgan fingerprint density at radius 2 is 2.32 bits per heavy atom. The molecule has 0 radical (unpaired) electrons. The van der Waals surface area contributed by atoms with E-state index in [9.17, 15) is 14.3 Å². The average molecular weight is 326 g/mol. The van der Waals surface area contributed by atoms with Crippen LogP contribution in [0.4, 0.5) is 9.18 Å². The van der Waals surface area contributed by atoms with Gasteiger partial charge in [-0.05, 0) is 48.3 Å². The van der Waals surface area contributed by atoms with Gasteiger partial charge in [-0.2, -0.15) is 11.8 Å². The zero-order valence-electron chi connectivity index (χ0n) is 12.8. The number of carbonyl (C=O) groups is 1. The molecule has 0 saturated carbocycles. The maximum Gasteiger partial charge on any atom is 0.317 e. The van der Waals surface area contributed by atoms with Gasteiger partial charge in [0.1, 0.15) is 5.82 Å². The second-order valence-electron chi connectivity index (χ2n) is 5.64. The molecule has 1 aliphatic heterocycles. The summed E-state index contributed by atoms with van der Waals surface area (Å²) in [7, 11) is 0. The number of carbonyl (C=O) groups excluding carboxylic acids is 1. The molecular formula is C16H23FN2O2S. The van der Waals surface area contributed by atoms with Crippen LogP contribution in [0.3, 0.4) is 0 Å². The number of nitrogens with one attached hydrogen (secondary N) is 1. The van der Waals surface area contributed by atoms with Crippen molar-refractivity contribution in [3.8, 4) is 0 Å². The van der Waals surface area contributed by atoms with Crippen molar-refractivity contribution in [3.05, 3.63) is 35.1 Å². The number of aliphatic hydroxyl groups excluding tert-OH is 1. The Labute approximate surface area is 135 Å². The summed E-state index contributed by atoms with van der Waals surface area (Å²) in [6.07, 6.45) is 3.86. The molecule has 1 atom stereocenters.